The summed E-state index contributed by atoms with van der Waals surface area (Å²) in [4.78, 5) is 20.1. The lowest BCUT2D eigenvalue weighted by Crippen LogP contribution is -2.22. The second-order valence-electron chi connectivity index (χ2n) is 7.07. The van der Waals surface area contributed by atoms with Crippen molar-refractivity contribution >= 4 is 10.9 Å². The zero-order valence-corrected chi connectivity index (χ0v) is 15.6. The third kappa shape index (κ3) is 3.40. The summed E-state index contributed by atoms with van der Waals surface area (Å²) in [7, 11) is 0. The van der Waals surface area contributed by atoms with Crippen LogP contribution in [0.15, 0.2) is 59.7 Å². The molecule has 0 aliphatic carbocycles. The van der Waals surface area contributed by atoms with Gasteiger partial charge in [0.15, 0.2) is 0 Å². The number of ether oxygens (including phenoxy) is 1. The Labute approximate surface area is 166 Å². The van der Waals surface area contributed by atoms with Gasteiger partial charge in [-0.05, 0) is 35.9 Å². The van der Waals surface area contributed by atoms with Crippen LogP contribution in [0.4, 0.5) is 4.39 Å². The number of pyridine rings is 2. The van der Waals surface area contributed by atoms with Crippen molar-refractivity contribution in [2.45, 2.75) is 19.6 Å². The van der Waals surface area contributed by atoms with Crippen molar-refractivity contribution in [2.24, 2.45) is 0 Å². The van der Waals surface area contributed by atoms with Gasteiger partial charge < -0.3 is 15.0 Å². The average molecular weight is 390 g/mol. The average Bonchev–Trinajstić information content (AvgIpc) is 3.11. The number of aromatic nitrogens is 3. The maximum absolute atomic E-state index is 12.9. The molecule has 4 heterocycles. The van der Waals surface area contributed by atoms with E-state index in [0.717, 1.165) is 36.9 Å². The van der Waals surface area contributed by atoms with Gasteiger partial charge in [0.05, 0.1) is 17.6 Å². The van der Waals surface area contributed by atoms with E-state index in [2.05, 4.69) is 21.4 Å². The van der Waals surface area contributed by atoms with Crippen LogP contribution in [-0.2, 0) is 19.6 Å². The molecule has 0 spiro atoms. The van der Waals surface area contributed by atoms with Crippen molar-refractivity contribution in [3.63, 3.8) is 0 Å². The number of nitrogens with zero attached hydrogens (tertiary/aromatic N) is 2. The summed E-state index contributed by atoms with van der Waals surface area (Å²) in [6.45, 7) is 2.00. The molecule has 1 aliphatic heterocycles. The fourth-order valence-corrected chi connectivity index (χ4v) is 3.70. The van der Waals surface area contributed by atoms with Gasteiger partial charge in [0.25, 0.3) is 5.56 Å². The van der Waals surface area contributed by atoms with Gasteiger partial charge in [0, 0.05) is 48.4 Å². The van der Waals surface area contributed by atoms with E-state index in [1.165, 1.54) is 28.8 Å². The van der Waals surface area contributed by atoms with Gasteiger partial charge in [0.1, 0.15) is 18.2 Å². The van der Waals surface area contributed by atoms with Gasteiger partial charge >= 0.3 is 0 Å². The van der Waals surface area contributed by atoms with Gasteiger partial charge in [0.2, 0.25) is 0 Å². The van der Waals surface area contributed by atoms with Gasteiger partial charge in [-0.3, -0.25) is 14.3 Å². The maximum Gasteiger partial charge on any atom is 0.258 e. The SMILES string of the molecule is O=c1cc(OCc2ccc(F)cn2)ccn1-c1ccc2c3c([nH]c2c1)CCNC3. The number of hydrogen-bond acceptors (Lipinski definition) is 4. The van der Waals surface area contributed by atoms with Gasteiger partial charge in [-0.2, -0.15) is 0 Å². The van der Waals surface area contributed by atoms with Crippen LogP contribution < -0.4 is 15.6 Å². The van der Waals surface area contributed by atoms with Crippen LogP contribution in [0.3, 0.4) is 0 Å². The molecule has 0 unspecified atom stereocenters. The quantitative estimate of drug-likeness (QED) is 0.562. The van der Waals surface area contributed by atoms with Gasteiger partial charge in [-0.1, -0.05) is 6.07 Å². The van der Waals surface area contributed by atoms with Crippen molar-refractivity contribution in [1.82, 2.24) is 19.9 Å². The van der Waals surface area contributed by atoms with Crippen molar-refractivity contribution in [1.29, 1.82) is 0 Å². The number of H-pyrrole nitrogens is 1. The number of halogens is 1. The predicted octanol–water partition coefficient (Wildman–Crippen LogP) is 3.08. The predicted molar refractivity (Wildman–Crippen MR) is 108 cm³/mol. The molecule has 2 N–H and O–H groups in total. The Balaban J connectivity index is 1.39. The molecule has 4 aromatic rings. The molecular formula is C22H19FN4O2. The minimum Gasteiger partial charge on any atom is -0.487 e. The Morgan fingerprint density at radius 3 is 2.93 bits per heavy atom. The summed E-state index contributed by atoms with van der Waals surface area (Å²) in [5.41, 5.74) is 4.80. The topological polar surface area (TPSA) is 71.9 Å². The highest BCUT2D eigenvalue weighted by Gasteiger charge is 2.15. The smallest absolute Gasteiger partial charge is 0.258 e. The molecule has 0 bridgehead atoms. The number of aromatic amines is 1. The molecule has 0 saturated heterocycles. The minimum atomic E-state index is -0.396. The summed E-state index contributed by atoms with van der Waals surface area (Å²) < 4.78 is 20.1. The number of hydrogen-bond donors (Lipinski definition) is 2. The first-order valence-corrected chi connectivity index (χ1v) is 9.48. The number of fused-ring (bicyclic) bond motifs is 3. The lowest BCUT2D eigenvalue weighted by atomic mass is 10.1. The highest BCUT2D eigenvalue weighted by atomic mass is 19.1. The molecule has 6 nitrogen and oxygen atoms in total. The molecule has 1 aromatic carbocycles. The highest BCUT2D eigenvalue weighted by Crippen LogP contribution is 2.26. The van der Waals surface area contributed by atoms with Gasteiger partial charge in [-0.15, -0.1) is 0 Å². The first-order chi connectivity index (χ1) is 14.2. The molecule has 0 fully saturated rings. The Bertz CT molecular complexity index is 1240. The number of rotatable bonds is 4. The lowest BCUT2D eigenvalue weighted by Gasteiger charge is -2.12. The Kier molecular flexibility index (Phi) is 4.37. The minimum absolute atomic E-state index is 0.164. The molecule has 1 aliphatic rings. The van der Waals surface area contributed by atoms with E-state index in [1.54, 1.807) is 22.9 Å². The first-order valence-electron chi connectivity index (χ1n) is 9.48. The van der Waals surface area contributed by atoms with E-state index in [4.69, 9.17) is 4.74 Å². The van der Waals surface area contributed by atoms with Gasteiger partial charge in [-0.25, -0.2) is 4.39 Å². The van der Waals surface area contributed by atoms with E-state index in [9.17, 15) is 9.18 Å². The summed E-state index contributed by atoms with van der Waals surface area (Å²) in [5.74, 6) is 0.0485. The molecular weight excluding hydrogens is 371 g/mol. The summed E-state index contributed by atoms with van der Waals surface area (Å²) in [5, 5.41) is 4.59. The first kappa shape index (κ1) is 17.6. The van der Waals surface area contributed by atoms with Crippen molar-refractivity contribution in [2.75, 3.05) is 6.54 Å². The van der Waals surface area contributed by atoms with E-state index in [-0.39, 0.29) is 12.2 Å². The third-order valence-corrected chi connectivity index (χ3v) is 5.18. The normalized spacial score (nSPS) is 13.4. The van der Waals surface area contributed by atoms with Crippen LogP contribution in [0.25, 0.3) is 16.6 Å². The van der Waals surface area contributed by atoms with E-state index in [1.807, 2.05) is 12.1 Å². The van der Waals surface area contributed by atoms with Crippen molar-refractivity contribution < 1.29 is 9.13 Å². The molecule has 29 heavy (non-hydrogen) atoms. The molecule has 0 radical (unpaired) electrons. The fourth-order valence-electron chi connectivity index (χ4n) is 3.70. The monoisotopic (exact) mass is 390 g/mol. The van der Waals surface area contributed by atoms with E-state index >= 15 is 0 Å². The molecule has 7 heteroatoms. The zero-order valence-electron chi connectivity index (χ0n) is 15.6. The fraction of sp³-hybridized carbons (Fsp3) is 0.182. The largest absolute Gasteiger partial charge is 0.487 e. The van der Waals surface area contributed by atoms with Crippen LogP contribution in [0, 0.1) is 5.82 Å². The van der Waals surface area contributed by atoms with Crippen LogP contribution in [-0.4, -0.2) is 21.1 Å². The third-order valence-electron chi connectivity index (χ3n) is 5.18. The number of nitrogens with one attached hydrogen (secondary N) is 2. The second-order valence-corrected chi connectivity index (χ2v) is 7.07. The Morgan fingerprint density at radius 1 is 1.17 bits per heavy atom. The molecule has 0 amide bonds. The van der Waals surface area contributed by atoms with E-state index in [0.29, 0.717) is 11.4 Å². The molecule has 0 atom stereocenters. The van der Waals surface area contributed by atoms with Crippen LogP contribution in [0.5, 0.6) is 5.75 Å². The summed E-state index contributed by atoms with van der Waals surface area (Å²) >= 11 is 0. The molecule has 5 rings (SSSR count). The second kappa shape index (κ2) is 7.18. The molecule has 146 valence electrons. The maximum atomic E-state index is 12.9. The number of benzene rings is 1. The summed E-state index contributed by atoms with van der Waals surface area (Å²) in [6.07, 6.45) is 3.82. The van der Waals surface area contributed by atoms with E-state index < -0.39 is 5.82 Å². The van der Waals surface area contributed by atoms with Crippen LogP contribution in [0.2, 0.25) is 0 Å². The zero-order chi connectivity index (χ0) is 19.8. The Morgan fingerprint density at radius 2 is 2.10 bits per heavy atom. The lowest BCUT2D eigenvalue weighted by molar-refractivity contribution is 0.300. The van der Waals surface area contributed by atoms with Crippen LogP contribution in [0.1, 0.15) is 17.0 Å². The summed E-state index contributed by atoms with van der Waals surface area (Å²) in [6, 6.07) is 12.1. The molecule has 3 aromatic heterocycles. The van der Waals surface area contributed by atoms with Crippen molar-refractivity contribution in [3.8, 4) is 11.4 Å². The Hall–Kier alpha value is -3.45. The van der Waals surface area contributed by atoms with Crippen LogP contribution >= 0.6 is 0 Å². The standard InChI is InChI=1S/C22H19FN4O2/c23-14-1-2-15(25-11-14)13-29-17-6-8-27(22(28)10-17)16-3-4-18-19-12-24-7-5-20(19)26-21(18)9-16/h1-4,6,8-11,24,26H,5,7,12-13H2. The highest BCUT2D eigenvalue weighted by molar-refractivity contribution is 5.86. The molecule has 0 saturated carbocycles. The van der Waals surface area contributed by atoms with Crippen molar-refractivity contribution in [3.05, 3.63) is 88.0 Å².